The van der Waals surface area contributed by atoms with Crippen LogP contribution in [0.5, 0.6) is 0 Å². The van der Waals surface area contributed by atoms with Crippen molar-refractivity contribution < 1.29 is 0 Å². The normalized spacial score (nSPS) is 25.5. The molecular weight excluding hydrogens is 208 g/mol. The van der Waals surface area contributed by atoms with Gasteiger partial charge >= 0.3 is 0 Å². The molecule has 1 aliphatic rings. The van der Waals surface area contributed by atoms with Gasteiger partial charge in [-0.05, 0) is 37.8 Å². The van der Waals surface area contributed by atoms with Gasteiger partial charge in [0.1, 0.15) is 0 Å². The monoisotopic (exact) mass is 224 g/mol. The van der Waals surface area contributed by atoms with E-state index in [1.165, 1.54) is 5.56 Å². The van der Waals surface area contributed by atoms with Gasteiger partial charge in [0, 0.05) is 12.1 Å². The minimum Gasteiger partial charge on any atom is -0.381 e. The van der Waals surface area contributed by atoms with Gasteiger partial charge in [0.05, 0.1) is 10.7 Å². The van der Waals surface area contributed by atoms with Crippen LogP contribution in [0.2, 0.25) is 5.02 Å². The molecule has 0 heterocycles. The Bertz CT molecular complexity index is 331. The Hall–Kier alpha value is -0.730. The number of benzene rings is 1. The van der Waals surface area contributed by atoms with Gasteiger partial charge in [-0.3, -0.25) is 0 Å². The van der Waals surface area contributed by atoms with E-state index >= 15 is 0 Å². The lowest BCUT2D eigenvalue weighted by atomic mass is 10.1. The summed E-state index contributed by atoms with van der Waals surface area (Å²) in [6.07, 6.45) is 3.30. The van der Waals surface area contributed by atoms with E-state index in [-0.39, 0.29) is 0 Å². The van der Waals surface area contributed by atoms with Gasteiger partial charge in [-0.2, -0.15) is 0 Å². The van der Waals surface area contributed by atoms with Crippen molar-refractivity contribution in [3.05, 3.63) is 28.8 Å². The summed E-state index contributed by atoms with van der Waals surface area (Å²) in [6, 6.07) is 6.81. The molecule has 0 saturated heterocycles. The van der Waals surface area contributed by atoms with Crippen LogP contribution in [0.15, 0.2) is 18.2 Å². The fourth-order valence-electron chi connectivity index (χ4n) is 2.17. The van der Waals surface area contributed by atoms with E-state index in [2.05, 4.69) is 18.3 Å². The average molecular weight is 225 g/mol. The first-order chi connectivity index (χ1) is 7.16. The van der Waals surface area contributed by atoms with Crippen LogP contribution < -0.4 is 11.1 Å². The fraction of sp³-hybridized carbons (Fsp3) is 0.500. The number of para-hydroxylation sites is 1. The Kier molecular flexibility index (Phi) is 3.17. The zero-order valence-electron chi connectivity index (χ0n) is 8.96. The number of anilines is 1. The van der Waals surface area contributed by atoms with E-state index in [1.807, 2.05) is 12.1 Å². The van der Waals surface area contributed by atoms with Crippen molar-refractivity contribution in [3.8, 4) is 0 Å². The lowest BCUT2D eigenvalue weighted by molar-refractivity contribution is 0.687. The van der Waals surface area contributed by atoms with E-state index in [1.54, 1.807) is 0 Å². The molecule has 2 nitrogen and oxygen atoms in total. The number of halogens is 1. The SMILES string of the molecule is Cc1cccc(Cl)c1NC1CCC(N)C1. The van der Waals surface area contributed by atoms with Crippen LogP contribution >= 0.6 is 11.6 Å². The highest BCUT2D eigenvalue weighted by molar-refractivity contribution is 6.33. The van der Waals surface area contributed by atoms with Crippen molar-refractivity contribution in [2.24, 2.45) is 5.73 Å². The van der Waals surface area contributed by atoms with Gasteiger partial charge in [-0.1, -0.05) is 23.7 Å². The van der Waals surface area contributed by atoms with Crippen molar-refractivity contribution in [3.63, 3.8) is 0 Å². The maximum atomic E-state index is 6.15. The van der Waals surface area contributed by atoms with Crippen molar-refractivity contribution in [1.82, 2.24) is 0 Å². The van der Waals surface area contributed by atoms with E-state index in [0.29, 0.717) is 12.1 Å². The molecule has 1 fully saturated rings. The maximum absolute atomic E-state index is 6.15. The summed E-state index contributed by atoms with van der Waals surface area (Å²) < 4.78 is 0. The molecule has 1 aliphatic carbocycles. The Morgan fingerprint density at radius 1 is 1.40 bits per heavy atom. The third kappa shape index (κ3) is 2.44. The number of nitrogens with two attached hydrogens (primary N) is 1. The molecule has 3 heteroatoms. The molecule has 2 rings (SSSR count). The molecule has 0 aromatic heterocycles. The number of nitrogens with one attached hydrogen (secondary N) is 1. The molecule has 1 aromatic carbocycles. The zero-order valence-corrected chi connectivity index (χ0v) is 9.72. The van der Waals surface area contributed by atoms with Gasteiger partial charge in [0.2, 0.25) is 0 Å². The first-order valence-corrected chi connectivity index (χ1v) is 5.82. The smallest absolute Gasteiger partial charge is 0.0640 e. The third-order valence-electron chi connectivity index (χ3n) is 3.04. The van der Waals surface area contributed by atoms with Gasteiger partial charge in [0.15, 0.2) is 0 Å². The van der Waals surface area contributed by atoms with Crippen LogP contribution in [0.4, 0.5) is 5.69 Å². The summed E-state index contributed by atoms with van der Waals surface area (Å²) in [5.41, 5.74) is 8.15. The Balaban J connectivity index is 2.10. The highest BCUT2D eigenvalue weighted by Gasteiger charge is 2.22. The number of hydrogen-bond acceptors (Lipinski definition) is 2. The average Bonchev–Trinajstić information content (AvgIpc) is 2.58. The van der Waals surface area contributed by atoms with Crippen molar-refractivity contribution in [1.29, 1.82) is 0 Å². The summed E-state index contributed by atoms with van der Waals surface area (Å²) >= 11 is 6.15. The van der Waals surface area contributed by atoms with Crippen LogP contribution in [0.3, 0.4) is 0 Å². The fourth-order valence-corrected chi connectivity index (χ4v) is 2.44. The molecule has 0 spiro atoms. The second-order valence-electron chi connectivity index (χ2n) is 4.35. The molecule has 0 radical (unpaired) electrons. The first-order valence-electron chi connectivity index (χ1n) is 5.44. The molecule has 1 saturated carbocycles. The standard InChI is InChI=1S/C12H17ClN2/c1-8-3-2-4-11(13)12(8)15-10-6-5-9(14)7-10/h2-4,9-10,15H,5-7,14H2,1H3. The summed E-state index contributed by atoms with van der Waals surface area (Å²) in [5.74, 6) is 0. The van der Waals surface area contributed by atoms with E-state index in [9.17, 15) is 0 Å². The quantitative estimate of drug-likeness (QED) is 0.811. The number of aryl methyl sites for hydroxylation is 1. The first kappa shape index (κ1) is 10.8. The number of rotatable bonds is 2. The van der Waals surface area contributed by atoms with Gasteiger partial charge < -0.3 is 11.1 Å². The zero-order chi connectivity index (χ0) is 10.8. The minimum atomic E-state index is 0.352. The van der Waals surface area contributed by atoms with Gasteiger partial charge in [0.25, 0.3) is 0 Å². The minimum absolute atomic E-state index is 0.352. The van der Waals surface area contributed by atoms with E-state index in [4.69, 9.17) is 17.3 Å². The topological polar surface area (TPSA) is 38.0 Å². The predicted octanol–water partition coefficient (Wildman–Crippen LogP) is 2.94. The summed E-state index contributed by atoms with van der Waals surface area (Å²) in [5, 5.41) is 4.30. The largest absolute Gasteiger partial charge is 0.381 e. The Morgan fingerprint density at radius 3 is 2.80 bits per heavy atom. The van der Waals surface area contributed by atoms with E-state index in [0.717, 1.165) is 30.0 Å². The van der Waals surface area contributed by atoms with Crippen molar-refractivity contribution >= 4 is 17.3 Å². The van der Waals surface area contributed by atoms with Crippen LogP contribution in [0, 0.1) is 6.92 Å². The predicted molar refractivity (Wildman–Crippen MR) is 65.4 cm³/mol. The van der Waals surface area contributed by atoms with Gasteiger partial charge in [-0.15, -0.1) is 0 Å². The van der Waals surface area contributed by atoms with Crippen molar-refractivity contribution in [2.75, 3.05) is 5.32 Å². The second kappa shape index (κ2) is 4.42. The molecule has 0 bridgehead atoms. The van der Waals surface area contributed by atoms with Gasteiger partial charge in [-0.25, -0.2) is 0 Å². The summed E-state index contributed by atoms with van der Waals surface area (Å²) in [6.45, 7) is 2.07. The molecule has 2 unspecified atom stereocenters. The lowest BCUT2D eigenvalue weighted by Crippen LogP contribution is -2.21. The van der Waals surface area contributed by atoms with Crippen LogP contribution in [-0.2, 0) is 0 Å². The summed E-state index contributed by atoms with van der Waals surface area (Å²) in [4.78, 5) is 0. The Morgan fingerprint density at radius 2 is 2.20 bits per heavy atom. The van der Waals surface area contributed by atoms with Crippen molar-refractivity contribution in [2.45, 2.75) is 38.3 Å². The molecular formula is C12H17ClN2. The summed E-state index contributed by atoms with van der Waals surface area (Å²) in [7, 11) is 0. The van der Waals surface area contributed by atoms with E-state index < -0.39 is 0 Å². The molecule has 0 amide bonds. The highest BCUT2D eigenvalue weighted by atomic mass is 35.5. The molecule has 1 aromatic rings. The number of hydrogen-bond donors (Lipinski definition) is 2. The lowest BCUT2D eigenvalue weighted by Gasteiger charge is -2.17. The van der Waals surface area contributed by atoms with Crippen LogP contribution in [-0.4, -0.2) is 12.1 Å². The maximum Gasteiger partial charge on any atom is 0.0640 e. The highest BCUT2D eigenvalue weighted by Crippen LogP contribution is 2.29. The Labute approximate surface area is 95.8 Å². The molecule has 0 aliphatic heterocycles. The second-order valence-corrected chi connectivity index (χ2v) is 4.75. The van der Waals surface area contributed by atoms with Crippen LogP contribution in [0.1, 0.15) is 24.8 Å². The molecule has 2 atom stereocenters. The molecule has 3 N–H and O–H groups in total. The van der Waals surface area contributed by atoms with Crippen LogP contribution in [0.25, 0.3) is 0 Å². The molecule has 15 heavy (non-hydrogen) atoms. The molecule has 82 valence electrons. The third-order valence-corrected chi connectivity index (χ3v) is 3.36.